The smallest absolute Gasteiger partial charge is 0.377 e. The highest BCUT2D eigenvalue weighted by atomic mass is 32.2. The van der Waals surface area contributed by atoms with E-state index in [-0.39, 0.29) is 0 Å². The van der Waals surface area contributed by atoms with Crippen LogP contribution >= 0.6 is 0 Å². The second-order valence-electron chi connectivity index (χ2n) is 6.00. The van der Waals surface area contributed by atoms with Crippen LogP contribution in [0.5, 0.6) is 0 Å². The van der Waals surface area contributed by atoms with Crippen molar-refractivity contribution < 1.29 is 36.4 Å². The van der Waals surface area contributed by atoms with E-state index >= 15 is 0 Å². The standard InChI is InChI=1S/C14H16F5NO3S/c1-12(2,3)24(23)20-13(7-15,14(18,19)11(21)22)8-5-4-6-9(16)10(8)17/h4-6,20H,7H2,1-3H3,(H,21,22)/t13-,24-/m1/s1. The lowest BCUT2D eigenvalue weighted by Gasteiger charge is -2.38. The molecule has 1 aromatic rings. The zero-order valence-electron chi connectivity index (χ0n) is 13.0. The number of hydrogen-bond acceptors (Lipinski definition) is 3. The Morgan fingerprint density at radius 1 is 1.29 bits per heavy atom. The van der Waals surface area contributed by atoms with Gasteiger partial charge in [0, 0.05) is 16.9 Å². The van der Waals surface area contributed by atoms with E-state index < -0.39 is 57.4 Å². The van der Waals surface area contributed by atoms with Gasteiger partial charge >= 0.3 is 11.9 Å². The zero-order valence-corrected chi connectivity index (χ0v) is 13.8. The third-order valence-corrected chi connectivity index (χ3v) is 4.89. The number of hydrogen-bond donors (Lipinski definition) is 2. The molecule has 1 rings (SSSR count). The largest absolute Gasteiger partial charge is 0.598 e. The number of benzene rings is 1. The number of carbonyl (C=O) groups is 1. The fourth-order valence-electron chi connectivity index (χ4n) is 1.80. The molecule has 0 spiro atoms. The van der Waals surface area contributed by atoms with Crippen molar-refractivity contribution >= 4 is 17.3 Å². The summed E-state index contributed by atoms with van der Waals surface area (Å²) in [6.07, 6.45) is 0. The molecule has 0 heterocycles. The Kier molecular flexibility index (Phi) is 5.89. The Morgan fingerprint density at radius 2 is 1.83 bits per heavy atom. The van der Waals surface area contributed by atoms with Crippen LogP contribution in [0.1, 0.15) is 26.3 Å². The van der Waals surface area contributed by atoms with Crippen molar-refractivity contribution in [3.63, 3.8) is 0 Å². The topological polar surface area (TPSA) is 72.4 Å². The molecule has 4 nitrogen and oxygen atoms in total. The fraction of sp³-hybridized carbons (Fsp3) is 0.500. The van der Waals surface area contributed by atoms with E-state index in [1.54, 1.807) is 4.72 Å². The van der Waals surface area contributed by atoms with E-state index in [4.69, 9.17) is 5.11 Å². The lowest BCUT2D eigenvalue weighted by atomic mass is 9.85. The summed E-state index contributed by atoms with van der Waals surface area (Å²) in [5.74, 6) is -11.1. The van der Waals surface area contributed by atoms with Crippen LogP contribution in [0, 0.1) is 11.6 Å². The van der Waals surface area contributed by atoms with Crippen LogP contribution in [0.3, 0.4) is 0 Å². The normalized spacial score (nSPS) is 16.5. The molecule has 10 heteroatoms. The third-order valence-electron chi connectivity index (χ3n) is 3.24. The molecule has 136 valence electrons. The van der Waals surface area contributed by atoms with Crippen LogP contribution in [-0.4, -0.2) is 33.0 Å². The van der Waals surface area contributed by atoms with E-state index in [9.17, 15) is 31.3 Å². The van der Waals surface area contributed by atoms with Gasteiger partial charge in [-0.05, 0) is 26.8 Å². The molecule has 0 fully saturated rings. The second kappa shape index (κ2) is 6.85. The molecule has 2 atom stereocenters. The Bertz CT molecular complexity index is 623. The first-order chi connectivity index (χ1) is 10.8. The van der Waals surface area contributed by atoms with Crippen LogP contribution in [0.25, 0.3) is 0 Å². The first kappa shape index (κ1) is 20.7. The number of rotatable bonds is 6. The van der Waals surface area contributed by atoms with Crippen molar-refractivity contribution in [3.05, 3.63) is 35.4 Å². The van der Waals surface area contributed by atoms with Crippen LogP contribution in [-0.2, 0) is 21.7 Å². The Balaban J connectivity index is 3.68. The molecule has 0 aliphatic rings. The molecule has 0 aromatic heterocycles. The van der Waals surface area contributed by atoms with Gasteiger partial charge in [-0.15, -0.1) is 4.72 Å². The Hall–Kier alpha value is -1.39. The number of halogens is 5. The number of carboxylic acids is 1. The summed E-state index contributed by atoms with van der Waals surface area (Å²) >= 11 is -2.41. The predicted octanol–water partition coefficient (Wildman–Crippen LogP) is 2.90. The molecule has 1 aromatic carbocycles. The van der Waals surface area contributed by atoms with E-state index in [2.05, 4.69) is 0 Å². The average Bonchev–Trinajstić information content (AvgIpc) is 2.46. The van der Waals surface area contributed by atoms with E-state index in [0.717, 1.165) is 6.07 Å². The minimum Gasteiger partial charge on any atom is -0.598 e. The first-order valence-electron chi connectivity index (χ1n) is 6.62. The minimum atomic E-state index is -4.92. The highest BCUT2D eigenvalue weighted by molar-refractivity contribution is 7.90. The van der Waals surface area contributed by atoms with Gasteiger partial charge in [0.25, 0.3) is 0 Å². The van der Waals surface area contributed by atoms with Gasteiger partial charge in [0.1, 0.15) is 11.4 Å². The molecular weight excluding hydrogens is 357 g/mol. The summed E-state index contributed by atoms with van der Waals surface area (Å²) in [6.45, 7) is 1.90. The van der Waals surface area contributed by atoms with Gasteiger partial charge < -0.3 is 9.66 Å². The van der Waals surface area contributed by atoms with Crippen LogP contribution in [0.4, 0.5) is 22.0 Å². The molecule has 0 saturated heterocycles. The van der Waals surface area contributed by atoms with Gasteiger partial charge in [-0.25, -0.2) is 18.0 Å². The summed E-state index contributed by atoms with van der Waals surface area (Å²) in [7, 11) is 0. The highest BCUT2D eigenvalue weighted by Crippen LogP contribution is 2.41. The maximum Gasteiger partial charge on any atom is 0.377 e. The van der Waals surface area contributed by atoms with Crippen molar-refractivity contribution in [2.24, 2.45) is 0 Å². The lowest BCUT2D eigenvalue weighted by molar-refractivity contribution is -0.180. The molecule has 2 N–H and O–H groups in total. The second-order valence-corrected chi connectivity index (χ2v) is 7.97. The van der Waals surface area contributed by atoms with Gasteiger partial charge in [-0.1, -0.05) is 12.1 Å². The van der Waals surface area contributed by atoms with E-state index in [1.807, 2.05) is 0 Å². The summed E-state index contributed by atoms with van der Waals surface area (Å²) < 4.78 is 82.3. The maximum atomic E-state index is 14.3. The highest BCUT2D eigenvalue weighted by Gasteiger charge is 2.65. The predicted molar refractivity (Wildman–Crippen MR) is 77.6 cm³/mol. The van der Waals surface area contributed by atoms with Gasteiger partial charge in [0.05, 0.1) is 0 Å². The van der Waals surface area contributed by atoms with Crippen molar-refractivity contribution in [2.75, 3.05) is 6.67 Å². The summed E-state index contributed by atoms with van der Waals surface area (Å²) in [6, 6.07) is 2.03. The molecule has 0 amide bonds. The summed E-state index contributed by atoms with van der Waals surface area (Å²) in [5, 5.41) is 8.77. The van der Waals surface area contributed by atoms with Gasteiger partial charge in [0.15, 0.2) is 17.2 Å². The quantitative estimate of drug-likeness (QED) is 0.594. The Morgan fingerprint density at radius 3 is 2.25 bits per heavy atom. The van der Waals surface area contributed by atoms with Gasteiger partial charge in [-0.3, -0.25) is 0 Å². The van der Waals surface area contributed by atoms with Gasteiger partial charge in [0.2, 0.25) is 0 Å². The lowest BCUT2D eigenvalue weighted by Crippen LogP contribution is -2.64. The molecule has 0 radical (unpaired) electrons. The third kappa shape index (κ3) is 3.50. The molecule has 0 aliphatic carbocycles. The summed E-state index contributed by atoms with van der Waals surface area (Å²) in [4.78, 5) is 11.0. The van der Waals surface area contributed by atoms with Crippen molar-refractivity contribution in [1.29, 1.82) is 0 Å². The van der Waals surface area contributed by atoms with Crippen LogP contribution < -0.4 is 4.72 Å². The monoisotopic (exact) mass is 373 g/mol. The fourth-order valence-corrected chi connectivity index (χ4v) is 2.71. The number of aliphatic carboxylic acids is 1. The number of nitrogens with one attached hydrogen (secondary N) is 1. The van der Waals surface area contributed by atoms with E-state index in [0.29, 0.717) is 12.1 Å². The number of carboxylic acid groups (broad SMARTS) is 1. The molecule has 0 aliphatic heterocycles. The minimum absolute atomic E-state index is 0.599. The van der Waals surface area contributed by atoms with Crippen LogP contribution in [0.15, 0.2) is 18.2 Å². The molecule has 0 unspecified atom stereocenters. The molecule has 0 saturated carbocycles. The average molecular weight is 373 g/mol. The van der Waals surface area contributed by atoms with Crippen molar-refractivity contribution in [2.45, 2.75) is 37.0 Å². The molecule has 0 bridgehead atoms. The summed E-state index contributed by atoms with van der Waals surface area (Å²) in [5.41, 5.74) is -4.82. The first-order valence-corrected chi connectivity index (χ1v) is 7.77. The maximum absolute atomic E-state index is 14.3. The SMILES string of the molecule is CC(C)(C)[S@@+]([O-])N[C@](CF)(c1cccc(F)c1F)C(F)(F)C(=O)O. The van der Waals surface area contributed by atoms with E-state index in [1.165, 1.54) is 20.8 Å². The van der Waals surface area contributed by atoms with Crippen molar-refractivity contribution in [3.8, 4) is 0 Å². The number of alkyl halides is 3. The molecular formula is C14H16F5NO3S. The molecule has 24 heavy (non-hydrogen) atoms. The van der Waals surface area contributed by atoms with Gasteiger partial charge in [-0.2, -0.15) is 8.78 Å². The zero-order chi connectivity index (χ0) is 18.9. The van der Waals surface area contributed by atoms with Crippen LogP contribution in [0.2, 0.25) is 0 Å². The Labute approximate surface area is 138 Å². The van der Waals surface area contributed by atoms with Crippen molar-refractivity contribution in [1.82, 2.24) is 4.72 Å².